The summed E-state index contributed by atoms with van der Waals surface area (Å²) in [6.07, 6.45) is 0. The van der Waals surface area contributed by atoms with Gasteiger partial charge in [-0.15, -0.1) is 10.2 Å². The lowest BCUT2D eigenvalue weighted by atomic mass is 10.1. The van der Waals surface area contributed by atoms with Gasteiger partial charge in [0.15, 0.2) is 0 Å². The number of hydrogen-bond donors (Lipinski definition) is 1. The van der Waals surface area contributed by atoms with Gasteiger partial charge in [0.05, 0.1) is 0 Å². The van der Waals surface area contributed by atoms with E-state index in [1.54, 1.807) is 30.3 Å². The van der Waals surface area contributed by atoms with Crippen LogP contribution in [0.25, 0.3) is 11.5 Å². The van der Waals surface area contributed by atoms with E-state index >= 15 is 0 Å². The Bertz CT molecular complexity index is 1080. The summed E-state index contributed by atoms with van der Waals surface area (Å²) in [6, 6.07) is 25.0. The molecule has 4 rings (SSSR count). The second-order valence-corrected chi connectivity index (χ2v) is 6.51. The number of nitrogens with zero attached hydrogens (tertiary/aromatic N) is 2. The monoisotopic (exact) mass is 389 g/mol. The van der Waals surface area contributed by atoms with Gasteiger partial charge in [0.1, 0.15) is 6.04 Å². The van der Waals surface area contributed by atoms with Crippen LogP contribution in [0.3, 0.4) is 0 Å². The first-order chi connectivity index (χ1) is 13.7. The molecule has 0 aliphatic carbocycles. The van der Waals surface area contributed by atoms with Crippen molar-refractivity contribution in [3.63, 3.8) is 0 Å². The zero-order valence-corrected chi connectivity index (χ0v) is 15.5. The minimum Gasteiger partial charge on any atom is -0.418 e. The highest BCUT2D eigenvalue weighted by molar-refractivity contribution is 6.31. The van der Waals surface area contributed by atoms with Gasteiger partial charge in [-0.05, 0) is 30.3 Å². The lowest BCUT2D eigenvalue weighted by molar-refractivity contribution is 0.0938. The molecular formula is C22H16ClN3O2. The molecular weight excluding hydrogens is 374 g/mol. The third-order valence-corrected chi connectivity index (χ3v) is 4.58. The van der Waals surface area contributed by atoms with Crippen molar-refractivity contribution in [1.29, 1.82) is 0 Å². The summed E-state index contributed by atoms with van der Waals surface area (Å²) in [5.41, 5.74) is 2.01. The van der Waals surface area contributed by atoms with Crippen molar-refractivity contribution in [2.45, 2.75) is 6.04 Å². The number of amides is 1. The maximum Gasteiger partial charge on any atom is 0.252 e. The van der Waals surface area contributed by atoms with Crippen LogP contribution in [0.5, 0.6) is 0 Å². The fraction of sp³-hybridized carbons (Fsp3) is 0.0455. The van der Waals surface area contributed by atoms with Crippen molar-refractivity contribution in [1.82, 2.24) is 15.5 Å². The summed E-state index contributed by atoms with van der Waals surface area (Å²) in [5.74, 6) is 0.378. The van der Waals surface area contributed by atoms with Crippen molar-refractivity contribution in [2.75, 3.05) is 0 Å². The van der Waals surface area contributed by atoms with E-state index < -0.39 is 6.04 Å². The summed E-state index contributed by atoms with van der Waals surface area (Å²) in [4.78, 5) is 12.7. The SMILES string of the molecule is O=C(NC(c1nnc(-c2ccccc2)o1)c1ccccc1Cl)c1ccccc1. The Hall–Kier alpha value is -3.44. The van der Waals surface area contributed by atoms with E-state index in [0.717, 1.165) is 5.56 Å². The zero-order valence-electron chi connectivity index (χ0n) is 14.7. The molecule has 138 valence electrons. The Morgan fingerprint density at radius 2 is 1.50 bits per heavy atom. The standard InChI is InChI=1S/C22H16ClN3O2/c23-18-14-8-7-13-17(18)19(24-20(27)15-9-3-1-4-10-15)22-26-25-21(28-22)16-11-5-2-6-12-16/h1-14,19H,(H,24,27). The zero-order chi connectivity index (χ0) is 19.3. The average molecular weight is 390 g/mol. The van der Waals surface area contributed by atoms with E-state index in [1.807, 2.05) is 54.6 Å². The molecule has 0 bridgehead atoms. The van der Waals surface area contributed by atoms with Crippen LogP contribution in [0, 0.1) is 0 Å². The van der Waals surface area contributed by atoms with Crippen molar-refractivity contribution >= 4 is 17.5 Å². The molecule has 3 aromatic carbocycles. The van der Waals surface area contributed by atoms with Crippen LogP contribution in [0.1, 0.15) is 27.9 Å². The molecule has 0 spiro atoms. The molecule has 28 heavy (non-hydrogen) atoms. The molecule has 0 fully saturated rings. The van der Waals surface area contributed by atoms with Gasteiger partial charge in [-0.25, -0.2) is 0 Å². The molecule has 0 saturated heterocycles. The smallest absolute Gasteiger partial charge is 0.252 e. The number of halogens is 1. The summed E-state index contributed by atoms with van der Waals surface area (Å²) < 4.78 is 5.88. The second-order valence-electron chi connectivity index (χ2n) is 6.11. The topological polar surface area (TPSA) is 68.0 Å². The fourth-order valence-corrected chi connectivity index (χ4v) is 3.08. The second kappa shape index (κ2) is 8.06. The van der Waals surface area contributed by atoms with Crippen molar-refractivity contribution in [3.8, 4) is 11.5 Å². The van der Waals surface area contributed by atoms with E-state index in [2.05, 4.69) is 15.5 Å². The van der Waals surface area contributed by atoms with E-state index in [1.165, 1.54) is 0 Å². The maximum absolute atomic E-state index is 12.7. The highest BCUT2D eigenvalue weighted by Gasteiger charge is 2.25. The van der Waals surface area contributed by atoms with Crippen LogP contribution < -0.4 is 5.32 Å². The molecule has 0 aliphatic heterocycles. The molecule has 0 aliphatic rings. The lowest BCUT2D eigenvalue weighted by Gasteiger charge is -2.17. The highest BCUT2D eigenvalue weighted by atomic mass is 35.5. The predicted octanol–water partition coefficient (Wildman–Crippen LogP) is 4.91. The van der Waals surface area contributed by atoms with Crippen LogP contribution in [0.4, 0.5) is 0 Å². The van der Waals surface area contributed by atoms with Gasteiger partial charge in [-0.3, -0.25) is 4.79 Å². The summed E-state index contributed by atoms with van der Waals surface area (Å²) >= 11 is 6.38. The molecule has 5 nitrogen and oxygen atoms in total. The number of rotatable bonds is 5. The summed E-state index contributed by atoms with van der Waals surface area (Å²) in [6.45, 7) is 0. The van der Waals surface area contributed by atoms with Gasteiger partial charge >= 0.3 is 0 Å². The molecule has 1 aromatic heterocycles. The minimum atomic E-state index is -0.675. The lowest BCUT2D eigenvalue weighted by Crippen LogP contribution is -2.29. The third kappa shape index (κ3) is 3.80. The maximum atomic E-state index is 12.7. The molecule has 1 atom stereocenters. The van der Waals surface area contributed by atoms with Crippen LogP contribution in [0.2, 0.25) is 5.02 Å². The largest absolute Gasteiger partial charge is 0.418 e. The van der Waals surface area contributed by atoms with Crippen LogP contribution in [-0.2, 0) is 0 Å². The third-order valence-electron chi connectivity index (χ3n) is 4.24. The first-order valence-electron chi connectivity index (χ1n) is 8.71. The number of hydrogen-bond acceptors (Lipinski definition) is 4. The molecule has 1 N–H and O–H groups in total. The first kappa shape index (κ1) is 17.9. The van der Waals surface area contributed by atoms with E-state index in [0.29, 0.717) is 22.0 Å². The van der Waals surface area contributed by atoms with Gasteiger partial charge in [0.25, 0.3) is 5.91 Å². The quantitative estimate of drug-likeness (QED) is 0.526. The summed E-state index contributed by atoms with van der Waals surface area (Å²) in [5, 5.41) is 11.8. The number of carbonyl (C=O) groups is 1. The van der Waals surface area contributed by atoms with Crippen molar-refractivity contribution in [2.24, 2.45) is 0 Å². The minimum absolute atomic E-state index is 0.259. The average Bonchev–Trinajstić information content (AvgIpc) is 3.24. The molecule has 1 unspecified atom stereocenters. The van der Waals surface area contributed by atoms with Crippen LogP contribution >= 0.6 is 11.6 Å². The van der Waals surface area contributed by atoms with Crippen molar-refractivity contribution in [3.05, 3.63) is 107 Å². The molecule has 6 heteroatoms. The van der Waals surface area contributed by atoms with Gasteiger partial charge in [0.2, 0.25) is 11.8 Å². The molecule has 0 radical (unpaired) electrons. The van der Waals surface area contributed by atoms with Gasteiger partial charge in [-0.1, -0.05) is 66.2 Å². The predicted molar refractivity (Wildman–Crippen MR) is 107 cm³/mol. The van der Waals surface area contributed by atoms with Gasteiger partial charge in [0, 0.05) is 21.7 Å². The number of aromatic nitrogens is 2. The van der Waals surface area contributed by atoms with E-state index in [9.17, 15) is 4.79 Å². The number of carbonyl (C=O) groups excluding carboxylic acids is 1. The Morgan fingerprint density at radius 1 is 0.857 bits per heavy atom. The molecule has 1 amide bonds. The fourth-order valence-electron chi connectivity index (χ4n) is 2.83. The Kier molecular flexibility index (Phi) is 5.17. The van der Waals surface area contributed by atoms with Crippen LogP contribution in [0.15, 0.2) is 89.3 Å². The number of nitrogens with one attached hydrogen (secondary N) is 1. The summed E-state index contributed by atoms with van der Waals surface area (Å²) in [7, 11) is 0. The van der Waals surface area contributed by atoms with Crippen LogP contribution in [-0.4, -0.2) is 16.1 Å². The Balaban J connectivity index is 1.71. The Labute approximate surface area is 167 Å². The van der Waals surface area contributed by atoms with E-state index in [-0.39, 0.29) is 11.8 Å². The highest BCUT2D eigenvalue weighted by Crippen LogP contribution is 2.29. The van der Waals surface area contributed by atoms with Gasteiger partial charge in [-0.2, -0.15) is 0 Å². The Morgan fingerprint density at radius 3 is 2.21 bits per heavy atom. The number of benzene rings is 3. The molecule has 0 saturated carbocycles. The molecule has 4 aromatic rings. The molecule has 1 heterocycles. The normalized spacial score (nSPS) is 11.8. The van der Waals surface area contributed by atoms with Crippen molar-refractivity contribution < 1.29 is 9.21 Å². The van der Waals surface area contributed by atoms with E-state index in [4.69, 9.17) is 16.0 Å². The van der Waals surface area contributed by atoms with Gasteiger partial charge < -0.3 is 9.73 Å². The first-order valence-corrected chi connectivity index (χ1v) is 9.09.